The number of nitrogens with zero attached hydrogens (tertiary/aromatic N) is 2. The summed E-state index contributed by atoms with van der Waals surface area (Å²) in [6, 6.07) is -1.24. The fourth-order valence-electron chi connectivity index (χ4n) is 9.02. The molecule has 0 aromatic heterocycles. The van der Waals surface area contributed by atoms with E-state index >= 15 is 0 Å². The highest BCUT2D eigenvalue weighted by atomic mass is 16.6. The molecule has 0 aromatic carbocycles. The van der Waals surface area contributed by atoms with Gasteiger partial charge in [-0.15, -0.1) is 0 Å². The van der Waals surface area contributed by atoms with Crippen LogP contribution in [0, 0.1) is 35.5 Å². The van der Waals surface area contributed by atoms with Gasteiger partial charge < -0.3 is 48.1 Å². The first-order valence-electron chi connectivity index (χ1n) is 26.3. The first-order valence-corrected chi connectivity index (χ1v) is 26.3. The van der Waals surface area contributed by atoms with Gasteiger partial charge in [0, 0.05) is 85.1 Å². The molecule has 3 unspecified atom stereocenters. The molecule has 15 atom stereocenters. The highest BCUT2D eigenvalue weighted by molar-refractivity contribution is 5.82. The molecule has 1 aliphatic heterocycles. The van der Waals surface area contributed by atoms with E-state index in [0.717, 1.165) is 12.0 Å². The van der Waals surface area contributed by atoms with Gasteiger partial charge in [-0.25, -0.2) is 4.79 Å². The van der Waals surface area contributed by atoms with E-state index in [9.17, 15) is 28.8 Å². The molecule has 74 heavy (non-hydrogen) atoms. The number of hydrogen-bond acceptors (Lipinski definition) is 16. The average Bonchev–Trinajstić information content (AvgIpc) is 3.35. The molecule has 0 spiro atoms. The number of rotatable bonds is 22. The van der Waals surface area contributed by atoms with Crippen molar-refractivity contribution in [3.63, 3.8) is 0 Å². The maximum Gasteiger partial charge on any atom is 0.331 e. The van der Waals surface area contributed by atoms with Crippen molar-refractivity contribution in [1.29, 1.82) is 0 Å². The minimum absolute atomic E-state index is 0.109. The van der Waals surface area contributed by atoms with Gasteiger partial charge in [0.15, 0.2) is 0 Å². The minimum Gasteiger partial charge on any atom is -0.462 e. The van der Waals surface area contributed by atoms with Gasteiger partial charge in [0.1, 0.15) is 42.6 Å². The second kappa shape index (κ2) is 36.3. The third-order valence-corrected chi connectivity index (χ3v) is 14.1. The number of ether oxygens (including phenoxy) is 8. The molecule has 1 rings (SSSR count). The second-order valence-corrected chi connectivity index (χ2v) is 20.5. The van der Waals surface area contributed by atoms with Crippen LogP contribution in [0.4, 0.5) is 0 Å². The summed E-state index contributed by atoms with van der Waals surface area (Å²) >= 11 is 0. The number of likely N-dealkylation sites (N-methyl/N-ethyl adjacent to an activating group) is 2. The van der Waals surface area contributed by atoms with Crippen LogP contribution in [-0.2, 0) is 66.7 Å². The summed E-state index contributed by atoms with van der Waals surface area (Å²) in [4.78, 5) is 80.3. The summed E-state index contributed by atoms with van der Waals surface area (Å²) in [5.74, 6) is -3.91. The van der Waals surface area contributed by atoms with Crippen molar-refractivity contribution in [2.45, 2.75) is 175 Å². The van der Waals surface area contributed by atoms with Gasteiger partial charge in [-0.3, -0.25) is 28.9 Å². The molecular weight excluding hydrogens is 951 g/mol. The molecule has 0 radical (unpaired) electrons. The van der Waals surface area contributed by atoms with Gasteiger partial charge in [-0.1, -0.05) is 84.1 Å². The highest BCUT2D eigenvalue weighted by Gasteiger charge is 2.37. The van der Waals surface area contributed by atoms with E-state index in [4.69, 9.17) is 37.9 Å². The topological polar surface area (TPSA) is 195 Å². The summed E-state index contributed by atoms with van der Waals surface area (Å²) in [7, 11) is 11.7. The number of cyclic esters (lactones) is 1. The smallest absolute Gasteiger partial charge is 0.331 e. The van der Waals surface area contributed by atoms with E-state index in [1.54, 1.807) is 84.7 Å². The van der Waals surface area contributed by atoms with Crippen molar-refractivity contribution >= 4 is 36.3 Å². The lowest BCUT2D eigenvalue weighted by Gasteiger charge is -2.35. The van der Waals surface area contributed by atoms with Crippen molar-refractivity contribution in [2.24, 2.45) is 35.5 Å². The molecule has 0 bridgehead atoms. The van der Waals surface area contributed by atoms with Crippen LogP contribution in [-0.4, -0.2) is 157 Å². The third kappa shape index (κ3) is 25.2. The Balaban J connectivity index is 3.83. The zero-order chi connectivity index (χ0) is 56.1. The quantitative estimate of drug-likeness (QED) is 0.0474. The Kier molecular flexibility index (Phi) is 33.1. The molecule has 1 heterocycles. The molecular formula is C57H95N3O14. The van der Waals surface area contributed by atoms with Gasteiger partial charge in [0.25, 0.3) is 0 Å². The van der Waals surface area contributed by atoms with E-state index in [0.29, 0.717) is 38.5 Å². The fourth-order valence-corrected chi connectivity index (χ4v) is 9.02. The van der Waals surface area contributed by atoms with Crippen LogP contribution in [0.2, 0.25) is 0 Å². The number of hydrogen-bond donors (Lipinski definition) is 1. The number of methoxy groups -OCH3 is 3. The number of amides is 1. The average molecular weight is 1050 g/mol. The normalized spacial score (nSPS) is 28.0. The first-order chi connectivity index (χ1) is 34.9. The van der Waals surface area contributed by atoms with Crippen molar-refractivity contribution in [3.05, 3.63) is 60.4 Å². The van der Waals surface area contributed by atoms with Crippen molar-refractivity contribution in [2.75, 3.05) is 56.1 Å². The third-order valence-electron chi connectivity index (χ3n) is 14.1. The number of nitrogens with one attached hydrogen (secondary N) is 1. The summed E-state index contributed by atoms with van der Waals surface area (Å²) in [5, 5.41) is 2.92. The molecule has 422 valence electrons. The lowest BCUT2D eigenvalue weighted by Crippen LogP contribution is -2.45. The molecule has 1 amide bonds. The van der Waals surface area contributed by atoms with Gasteiger partial charge in [-0.05, 0) is 96.8 Å². The number of carbonyl (C=O) groups is 6. The summed E-state index contributed by atoms with van der Waals surface area (Å²) in [5.41, 5.74) is 1.09. The van der Waals surface area contributed by atoms with Gasteiger partial charge in [0.05, 0.1) is 18.8 Å². The van der Waals surface area contributed by atoms with Crippen LogP contribution < -0.4 is 5.32 Å². The highest BCUT2D eigenvalue weighted by Crippen LogP contribution is 2.32. The lowest BCUT2D eigenvalue weighted by molar-refractivity contribution is -0.168. The van der Waals surface area contributed by atoms with Crippen LogP contribution in [0.15, 0.2) is 60.4 Å². The van der Waals surface area contributed by atoms with E-state index < -0.39 is 84.3 Å². The van der Waals surface area contributed by atoms with E-state index in [1.165, 1.54) is 31.9 Å². The molecule has 0 aliphatic carbocycles. The standard InChI is InChI=1S/C57H95N3O14/c1-37-26-27-38(2)49(69-17)30-28-40(4)55(71-46(10)63)43(7)52(74-57(66)48(35-67-15)59(12)13)23-19-18-20-25-53(64)72-51(24-21-22-47(34-37)68-16)42(6)54(70-45(9)62)41(5)29-31-50(73-56(65)44(8)58-11)39(3)32-33-60(14)36-61/h18-22,25,27,32-33,36-37,39-44,47-52,54-55,58H,23-24,26,28-31,34-35H2,1-17H3/b19-18+,22-21+,25-20+,33-32+,38-27+/t37-,39+,40-,41+,42?,43+,44+,47+,48+,49?,50-,51+,52?,54+,55-/m1/s1. The van der Waals surface area contributed by atoms with Gasteiger partial charge in [-0.2, -0.15) is 0 Å². The van der Waals surface area contributed by atoms with Crippen LogP contribution in [0.25, 0.3) is 0 Å². The zero-order valence-corrected chi connectivity index (χ0v) is 47.9. The van der Waals surface area contributed by atoms with Crippen molar-refractivity contribution in [1.82, 2.24) is 15.1 Å². The monoisotopic (exact) mass is 1050 g/mol. The zero-order valence-electron chi connectivity index (χ0n) is 47.9. The molecule has 0 saturated carbocycles. The van der Waals surface area contributed by atoms with Gasteiger partial charge in [0.2, 0.25) is 6.41 Å². The lowest BCUT2D eigenvalue weighted by atomic mass is 9.84. The van der Waals surface area contributed by atoms with Crippen LogP contribution in [0.1, 0.15) is 121 Å². The van der Waals surface area contributed by atoms with Crippen molar-refractivity contribution < 1.29 is 66.7 Å². The minimum atomic E-state index is -0.761. The molecule has 1 aliphatic rings. The second-order valence-electron chi connectivity index (χ2n) is 20.5. The van der Waals surface area contributed by atoms with E-state index in [1.807, 2.05) is 46.8 Å². The Morgan fingerprint density at radius 2 is 1.55 bits per heavy atom. The Hall–Kier alpha value is -4.68. The Morgan fingerprint density at radius 1 is 0.865 bits per heavy atom. The molecule has 0 aromatic rings. The summed E-state index contributed by atoms with van der Waals surface area (Å²) in [6.45, 7) is 18.4. The Labute approximate surface area is 444 Å². The SMILES string of the molecule is CN[C@@H](C)C(=O)O[C@H](CC[C@H](C)[C@H](OC(C)=O)C(C)[C@@H]1C/C=C/[C@H](OC)C[C@H](C)C/C=C(\C)C(OC)CC[C@@H](C)[C@@H](OC(C)=O)[C@@H](C)C(OC(=O)[C@H](COC)N(C)C)C/C=C/C=C/C(=O)O1)[C@@H](C)/C=C/N(C)C=O. The predicted molar refractivity (Wildman–Crippen MR) is 286 cm³/mol. The number of esters is 5. The van der Waals surface area contributed by atoms with Crippen LogP contribution >= 0.6 is 0 Å². The molecule has 17 heteroatoms. The van der Waals surface area contributed by atoms with E-state index in [-0.39, 0.29) is 55.3 Å². The predicted octanol–water partition coefficient (Wildman–Crippen LogP) is 7.97. The van der Waals surface area contributed by atoms with Gasteiger partial charge >= 0.3 is 29.8 Å². The van der Waals surface area contributed by atoms with Crippen LogP contribution in [0.3, 0.4) is 0 Å². The summed E-state index contributed by atoms with van der Waals surface area (Å²) in [6.07, 6.45) is 17.0. The molecule has 0 saturated heterocycles. The number of carbonyl (C=O) groups excluding carboxylic acids is 6. The molecule has 17 nitrogen and oxygen atoms in total. The maximum absolute atomic E-state index is 13.8. The Bertz CT molecular complexity index is 1850. The molecule has 0 fully saturated rings. The largest absolute Gasteiger partial charge is 0.462 e. The summed E-state index contributed by atoms with van der Waals surface area (Å²) < 4.78 is 47.7. The first kappa shape index (κ1) is 67.3. The fraction of sp³-hybridized carbons (Fsp3) is 0.719. The Morgan fingerprint density at radius 3 is 2.14 bits per heavy atom. The van der Waals surface area contributed by atoms with E-state index in [2.05, 4.69) is 25.2 Å². The molecule has 1 N–H and O–H groups in total. The number of allylic oxidation sites excluding steroid dienone is 3. The maximum atomic E-state index is 13.8. The van der Waals surface area contributed by atoms with Crippen molar-refractivity contribution in [3.8, 4) is 0 Å². The van der Waals surface area contributed by atoms with Crippen LogP contribution in [0.5, 0.6) is 0 Å².